The molecule has 74 valence electrons. The molecule has 1 unspecified atom stereocenters. The Morgan fingerprint density at radius 3 is 2.57 bits per heavy atom. The van der Waals surface area contributed by atoms with Crippen molar-refractivity contribution in [3.63, 3.8) is 0 Å². The molecule has 0 bridgehead atoms. The van der Waals surface area contributed by atoms with Crippen LogP contribution in [0.1, 0.15) is 11.5 Å². The molecule has 0 saturated carbocycles. The molecule has 2 rings (SSSR count). The monoisotopic (exact) mass is 228 g/mol. The van der Waals surface area contributed by atoms with Gasteiger partial charge in [-0.15, -0.1) is 0 Å². The van der Waals surface area contributed by atoms with E-state index in [0.29, 0.717) is 5.02 Å². The van der Waals surface area contributed by atoms with Gasteiger partial charge in [-0.05, 0) is 11.6 Å². The molecular formula is C10H9ClO2S. The summed E-state index contributed by atoms with van der Waals surface area (Å²) in [5.41, 5.74) is 0.881. The van der Waals surface area contributed by atoms with E-state index < -0.39 is 9.84 Å². The standard InChI is InChI=1S/C10H9ClO2S/c11-10-4-2-1-3-9(10)8-5-6-14(12,13)7-8/h1-6,8H,7H2. The molecule has 0 aromatic heterocycles. The minimum absolute atomic E-state index is 0.0892. The van der Waals surface area contributed by atoms with E-state index >= 15 is 0 Å². The zero-order valence-corrected chi connectivity index (χ0v) is 8.92. The first kappa shape index (κ1) is 9.74. The SMILES string of the molecule is O=S1(=O)C=CC(c2ccccc2Cl)C1. The number of allylic oxidation sites excluding steroid dienone is 1. The Bertz CT molecular complexity index is 477. The zero-order valence-electron chi connectivity index (χ0n) is 7.35. The minimum atomic E-state index is -3.00. The zero-order chi connectivity index (χ0) is 10.2. The Hall–Kier alpha value is -0.800. The van der Waals surface area contributed by atoms with Gasteiger partial charge in [0.15, 0.2) is 9.84 Å². The van der Waals surface area contributed by atoms with Crippen molar-refractivity contribution in [3.05, 3.63) is 46.3 Å². The second-order valence-electron chi connectivity index (χ2n) is 3.29. The van der Waals surface area contributed by atoms with Gasteiger partial charge in [0.2, 0.25) is 0 Å². The molecule has 0 amide bonds. The van der Waals surface area contributed by atoms with E-state index in [4.69, 9.17) is 11.6 Å². The van der Waals surface area contributed by atoms with Gasteiger partial charge >= 0.3 is 0 Å². The van der Waals surface area contributed by atoms with Crippen molar-refractivity contribution in [3.8, 4) is 0 Å². The lowest BCUT2D eigenvalue weighted by atomic mass is 10.0. The first-order chi connectivity index (χ1) is 6.58. The van der Waals surface area contributed by atoms with Crippen molar-refractivity contribution in [2.75, 3.05) is 5.75 Å². The third-order valence-electron chi connectivity index (χ3n) is 2.23. The molecule has 1 aliphatic heterocycles. The topological polar surface area (TPSA) is 34.1 Å². The lowest BCUT2D eigenvalue weighted by Crippen LogP contribution is -2.04. The maximum atomic E-state index is 11.2. The van der Waals surface area contributed by atoms with E-state index in [9.17, 15) is 8.42 Å². The van der Waals surface area contributed by atoms with Crippen LogP contribution in [0.4, 0.5) is 0 Å². The molecule has 0 radical (unpaired) electrons. The maximum absolute atomic E-state index is 11.2. The quantitative estimate of drug-likeness (QED) is 0.740. The Balaban J connectivity index is 2.36. The van der Waals surface area contributed by atoms with Crippen molar-refractivity contribution >= 4 is 21.4 Å². The van der Waals surface area contributed by atoms with E-state index in [2.05, 4.69) is 0 Å². The molecule has 1 aliphatic rings. The van der Waals surface area contributed by atoms with Crippen LogP contribution in [0.3, 0.4) is 0 Å². The lowest BCUT2D eigenvalue weighted by molar-refractivity contribution is 0.604. The van der Waals surface area contributed by atoms with Gasteiger partial charge in [0.25, 0.3) is 0 Å². The van der Waals surface area contributed by atoms with Gasteiger partial charge in [-0.25, -0.2) is 8.42 Å². The highest BCUT2D eigenvalue weighted by molar-refractivity contribution is 7.94. The number of rotatable bonds is 1. The summed E-state index contributed by atoms with van der Waals surface area (Å²) >= 11 is 5.97. The summed E-state index contributed by atoms with van der Waals surface area (Å²) in [4.78, 5) is 0. The highest BCUT2D eigenvalue weighted by Crippen LogP contribution is 2.30. The van der Waals surface area contributed by atoms with Crippen LogP contribution in [0.15, 0.2) is 35.7 Å². The Kier molecular flexibility index (Phi) is 2.37. The smallest absolute Gasteiger partial charge is 0.172 e. The number of benzene rings is 1. The van der Waals surface area contributed by atoms with Gasteiger partial charge in [-0.3, -0.25) is 0 Å². The highest BCUT2D eigenvalue weighted by atomic mass is 35.5. The van der Waals surface area contributed by atoms with Crippen molar-refractivity contribution in [2.45, 2.75) is 5.92 Å². The van der Waals surface area contributed by atoms with Crippen molar-refractivity contribution in [1.29, 1.82) is 0 Å². The third-order valence-corrected chi connectivity index (χ3v) is 3.97. The van der Waals surface area contributed by atoms with E-state index in [1.807, 2.05) is 18.2 Å². The first-order valence-corrected chi connectivity index (χ1v) is 6.33. The highest BCUT2D eigenvalue weighted by Gasteiger charge is 2.24. The normalized spacial score (nSPS) is 23.9. The number of halogens is 1. The van der Waals surface area contributed by atoms with E-state index in [1.165, 1.54) is 5.41 Å². The van der Waals surface area contributed by atoms with E-state index in [1.54, 1.807) is 12.1 Å². The molecule has 0 N–H and O–H groups in total. The van der Waals surface area contributed by atoms with Crippen LogP contribution in [0.2, 0.25) is 5.02 Å². The summed E-state index contributed by atoms with van der Waals surface area (Å²) in [6.07, 6.45) is 1.69. The van der Waals surface area contributed by atoms with Gasteiger partial charge in [0.1, 0.15) is 0 Å². The van der Waals surface area contributed by atoms with E-state index in [-0.39, 0.29) is 11.7 Å². The average Bonchev–Trinajstić information content (AvgIpc) is 2.47. The molecule has 0 aliphatic carbocycles. The lowest BCUT2D eigenvalue weighted by Gasteiger charge is -2.08. The molecule has 0 spiro atoms. The molecule has 4 heteroatoms. The van der Waals surface area contributed by atoms with Gasteiger partial charge in [0.05, 0.1) is 5.75 Å². The summed E-state index contributed by atoms with van der Waals surface area (Å²) in [7, 11) is -3.00. The first-order valence-electron chi connectivity index (χ1n) is 4.24. The maximum Gasteiger partial charge on any atom is 0.172 e. The predicted molar refractivity (Wildman–Crippen MR) is 57.1 cm³/mol. The summed E-state index contributed by atoms with van der Waals surface area (Å²) in [5.74, 6) is 0.0465. The molecule has 2 nitrogen and oxygen atoms in total. The molecule has 14 heavy (non-hydrogen) atoms. The summed E-state index contributed by atoms with van der Waals surface area (Å²) in [6, 6.07) is 7.33. The number of hydrogen-bond acceptors (Lipinski definition) is 2. The molecular weight excluding hydrogens is 220 g/mol. The van der Waals surface area contributed by atoms with Crippen LogP contribution >= 0.6 is 11.6 Å². The molecule has 0 saturated heterocycles. The van der Waals surface area contributed by atoms with Crippen LogP contribution in [0.25, 0.3) is 0 Å². The number of sulfone groups is 1. The molecule has 1 aromatic carbocycles. The van der Waals surface area contributed by atoms with Gasteiger partial charge in [-0.2, -0.15) is 0 Å². The average molecular weight is 229 g/mol. The molecule has 1 atom stereocenters. The Morgan fingerprint density at radius 1 is 1.29 bits per heavy atom. The largest absolute Gasteiger partial charge is 0.224 e. The fraction of sp³-hybridized carbons (Fsp3) is 0.200. The minimum Gasteiger partial charge on any atom is -0.224 e. The van der Waals surface area contributed by atoms with Crippen LogP contribution in [0, 0.1) is 0 Å². The second kappa shape index (κ2) is 3.41. The van der Waals surface area contributed by atoms with Crippen molar-refractivity contribution < 1.29 is 8.42 Å². The van der Waals surface area contributed by atoms with Crippen molar-refractivity contribution in [2.24, 2.45) is 0 Å². The summed E-state index contributed by atoms with van der Waals surface area (Å²) in [5, 5.41) is 1.89. The molecule has 1 aromatic rings. The van der Waals surface area contributed by atoms with Crippen LogP contribution in [-0.4, -0.2) is 14.2 Å². The van der Waals surface area contributed by atoms with E-state index in [0.717, 1.165) is 5.56 Å². The van der Waals surface area contributed by atoms with Crippen molar-refractivity contribution in [1.82, 2.24) is 0 Å². The Morgan fingerprint density at radius 2 is 2.00 bits per heavy atom. The Labute approximate surface area is 88.1 Å². The summed E-state index contributed by atoms with van der Waals surface area (Å²) in [6.45, 7) is 0. The van der Waals surface area contributed by atoms with Gasteiger partial charge in [0, 0.05) is 16.3 Å². The molecule has 1 heterocycles. The molecule has 0 fully saturated rings. The fourth-order valence-electron chi connectivity index (χ4n) is 1.55. The van der Waals surface area contributed by atoms with Crippen LogP contribution in [0.5, 0.6) is 0 Å². The second-order valence-corrected chi connectivity index (χ2v) is 5.62. The number of hydrogen-bond donors (Lipinski definition) is 0. The van der Waals surface area contributed by atoms with Gasteiger partial charge < -0.3 is 0 Å². The summed E-state index contributed by atoms with van der Waals surface area (Å²) < 4.78 is 22.4. The van der Waals surface area contributed by atoms with Gasteiger partial charge in [-0.1, -0.05) is 35.9 Å². The van der Waals surface area contributed by atoms with Crippen LogP contribution in [-0.2, 0) is 9.84 Å². The fourth-order valence-corrected chi connectivity index (χ4v) is 3.15. The predicted octanol–water partition coefficient (Wildman–Crippen LogP) is 2.37. The van der Waals surface area contributed by atoms with Crippen LogP contribution < -0.4 is 0 Å². The third kappa shape index (κ3) is 1.83.